The first kappa shape index (κ1) is 9.68. The molecule has 0 saturated heterocycles. The number of carbonyl (C=O) groups is 1. The maximum absolute atomic E-state index is 11.2. The Bertz CT molecular complexity index is 352. The summed E-state index contributed by atoms with van der Waals surface area (Å²) in [6.07, 6.45) is 2.04. The minimum absolute atomic E-state index is 0.0447. The van der Waals surface area contributed by atoms with Gasteiger partial charge < -0.3 is 9.84 Å². The molecule has 4 heteroatoms. The summed E-state index contributed by atoms with van der Waals surface area (Å²) in [5.41, 5.74) is -0.0447. The molecule has 0 bridgehead atoms. The van der Waals surface area contributed by atoms with Crippen LogP contribution in [0.15, 0.2) is 12.1 Å². The fraction of sp³-hybridized carbons (Fsp3) is 0.500. The zero-order valence-corrected chi connectivity index (χ0v) is 8.76. The maximum atomic E-state index is 11.2. The van der Waals surface area contributed by atoms with E-state index < -0.39 is 0 Å². The van der Waals surface area contributed by atoms with E-state index in [2.05, 4.69) is 4.74 Å². The molecule has 0 aliphatic heterocycles. The lowest BCUT2D eigenvalue weighted by Crippen LogP contribution is -2.09. The quantitative estimate of drug-likeness (QED) is 0.773. The summed E-state index contributed by atoms with van der Waals surface area (Å²) in [6.45, 7) is 0.175. The summed E-state index contributed by atoms with van der Waals surface area (Å²) in [7, 11) is 1.38. The van der Waals surface area contributed by atoms with Gasteiger partial charge in [0.25, 0.3) is 0 Å². The Balaban J connectivity index is 2.22. The molecule has 76 valence electrons. The van der Waals surface area contributed by atoms with E-state index in [9.17, 15) is 9.90 Å². The van der Waals surface area contributed by atoms with Crippen LogP contribution in [0, 0.1) is 0 Å². The van der Waals surface area contributed by atoms with Crippen LogP contribution in [0.2, 0.25) is 0 Å². The molecule has 0 unspecified atom stereocenters. The van der Waals surface area contributed by atoms with Gasteiger partial charge in [-0.25, -0.2) is 4.79 Å². The largest absolute Gasteiger partial charge is 0.465 e. The number of carbonyl (C=O) groups excluding carboxylic acids is 1. The first-order valence-electron chi connectivity index (χ1n) is 4.51. The van der Waals surface area contributed by atoms with Gasteiger partial charge in [-0.1, -0.05) is 0 Å². The fourth-order valence-corrected chi connectivity index (χ4v) is 2.63. The van der Waals surface area contributed by atoms with E-state index in [1.54, 1.807) is 6.07 Å². The molecule has 1 fully saturated rings. The topological polar surface area (TPSA) is 46.5 Å². The second-order valence-electron chi connectivity index (χ2n) is 3.59. The normalized spacial score (nSPS) is 17.9. The molecule has 1 aromatic heterocycles. The minimum Gasteiger partial charge on any atom is -0.465 e. The Hall–Kier alpha value is -0.870. The molecule has 3 nitrogen and oxygen atoms in total. The average molecular weight is 212 g/mol. The third-order valence-corrected chi connectivity index (χ3v) is 3.98. The number of rotatable bonds is 3. The lowest BCUT2D eigenvalue weighted by Gasteiger charge is -2.07. The molecule has 1 aliphatic rings. The highest BCUT2D eigenvalue weighted by Crippen LogP contribution is 2.50. The summed E-state index contributed by atoms with van der Waals surface area (Å²) in [6, 6.07) is 3.68. The lowest BCUT2D eigenvalue weighted by molar-refractivity contribution is 0.0606. The highest BCUT2D eigenvalue weighted by Gasteiger charge is 2.45. The number of hydrogen-bond acceptors (Lipinski definition) is 4. The summed E-state index contributed by atoms with van der Waals surface area (Å²) < 4.78 is 4.63. The van der Waals surface area contributed by atoms with Crippen molar-refractivity contribution in [3.8, 4) is 0 Å². The zero-order chi connectivity index (χ0) is 10.2. The standard InChI is InChI=1S/C10H12O3S/c1-13-9(12)7-2-3-8(14-7)10(6-11)4-5-10/h2-3,11H,4-6H2,1H3. The van der Waals surface area contributed by atoms with E-state index in [-0.39, 0.29) is 18.0 Å². The molecular formula is C10H12O3S. The van der Waals surface area contributed by atoms with E-state index >= 15 is 0 Å². The van der Waals surface area contributed by atoms with Gasteiger partial charge in [-0.05, 0) is 25.0 Å². The van der Waals surface area contributed by atoms with E-state index in [1.165, 1.54) is 18.4 Å². The molecule has 0 spiro atoms. The van der Waals surface area contributed by atoms with E-state index in [1.807, 2.05) is 6.07 Å². The molecule has 0 amide bonds. The fourth-order valence-electron chi connectivity index (χ4n) is 1.47. The Morgan fingerprint density at radius 1 is 1.64 bits per heavy atom. The first-order valence-corrected chi connectivity index (χ1v) is 5.33. The number of methoxy groups -OCH3 is 1. The average Bonchev–Trinajstić information content (AvgIpc) is 2.87. The van der Waals surface area contributed by atoms with Crippen molar-refractivity contribution in [2.24, 2.45) is 0 Å². The third-order valence-electron chi connectivity index (χ3n) is 2.67. The summed E-state index contributed by atoms with van der Waals surface area (Å²) in [5.74, 6) is -0.296. The number of aliphatic hydroxyl groups is 1. The third kappa shape index (κ3) is 1.44. The number of ether oxygens (including phenoxy) is 1. The van der Waals surface area contributed by atoms with Crippen LogP contribution in [0.3, 0.4) is 0 Å². The van der Waals surface area contributed by atoms with Gasteiger partial charge in [0, 0.05) is 10.3 Å². The van der Waals surface area contributed by atoms with Crippen molar-refractivity contribution in [2.45, 2.75) is 18.3 Å². The van der Waals surface area contributed by atoms with Crippen LogP contribution in [0.5, 0.6) is 0 Å². The van der Waals surface area contributed by atoms with Gasteiger partial charge >= 0.3 is 5.97 Å². The van der Waals surface area contributed by atoms with Crippen LogP contribution in [-0.2, 0) is 10.2 Å². The van der Waals surface area contributed by atoms with Crippen LogP contribution >= 0.6 is 11.3 Å². The number of aliphatic hydroxyl groups excluding tert-OH is 1. The molecule has 0 radical (unpaired) electrons. The monoisotopic (exact) mass is 212 g/mol. The van der Waals surface area contributed by atoms with Gasteiger partial charge in [-0.2, -0.15) is 0 Å². The highest BCUT2D eigenvalue weighted by atomic mass is 32.1. The van der Waals surface area contributed by atoms with E-state index in [0.29, 0.717) is 4.88 Å². The Morgan fingerprint density at radius 2 is 2.36 bits per heavy atom. The Kier molecular flexibility index (Phi) is 2.33. The summed E-state index contributed by atoms with van der Waals surface area (Å²) in [4.78, 5) is 12.9. The number of thiophene rings is 1. The van der Waals surface area contributed by atoms with Crippen LogP contribution in [0.25, 0.3) is 0 Å². The molecule has 1 saturated carbocycles. The molecule has 1 aromatic rings. The second-order valence-corrected chi connectivity index (χ2v) is 4.68. The van der Waals surface area contributed by atoms with Crippen molar-refractivity contribution in [3.63, 3.8) is 0 Å². The Labute approximate surface area is 86.3 Å². The molecule has 0 atom stereocenters. The minimum atomic E-state index is -0.296. The highest BCUT2D eigenvalue weighted by molar-refractivity contribution is 7.14. The molecule has 2 rings (SSSR count). The molecule has 1 heterocycles. The van der Waals surface area contributed by atoms with Gasteiger partial charge in [0.15, 0.2) is 0 Å². The smallest absolute Gasteiger partial charge is 0.348 e. The van der Waals surface area contributed by atoms with Gasteiger partial charge in [0.05, 0.1) is 13.7 Å². The van der Waals surface area contributed by atoms with Gasteiger partial charge in [-0.15, -0.1) is 11.3 Å². The molecule has 0 aromatic carbocycles. The molecule has 14 heavy (non-hydrogen) atoms. The maximum Gasteiger partial charge on any atom is 0.348 e. The van der Waals surface area contributed by atoms with Gasteiger partial charge in [0.2, 0.25) is 0 Å². The number of hydrogen-bond donors (Lipinski definition) is 1. The summed E-state index contributed by atoms with van der Waals surface area (Å²) >= 11 is 1.43. The predicted molar refractivity (Wildman–Crippen MR) is 53.7 cm³/mol. The van der Waals surface area contributed by atoms with Crippen molar-refractivity contribution in [3.05, 3.63) is 21.9 Å². The van der Waals surface area contributed by atoms with Crippen molar-refractivity contribution in [1.29, 1.82) is 0 Å². The van der Waals surface area contributed by atoms with Crippen LogP contribution in [0.4, 0.5) is 0 Å². The zero-order valence-electron chi connectivity index (χ0n) is 7.95. The van der Waals surface area contributed by atoms with Crippen molar-refractivity contribution in [1.82, 2.24) is 0 Å². The van der Waals surface area contributed by atoms with Crippen LogP contribution in [-0.4, -0.2) is 24.8 Å². The van der Waals surface area contributed by atoms with Crippen molar-refractivity contribution >= 4 is 17.3 Å². The Morgan fingerprint density at radius 3 is 2.86 bits per heavy atom. The van der Waals surface area contributed by atoms with Crippen LogP contribution < -0.4 is 0 Å². The van der Waals surface area contributed by atoms with Crippen LogP contribution in [0.1, 0.15) is 27.4 Å². The first-order chi connectivity index (χ1) is 6.72. The van der Waals surface area contributed by atoms with E-state index in [4.69, 9.17) is 0 Å². The second kappa shape index (κ2) is 3.37. The predicted octanol–water partition coefficient (Wildman–Crippen LogP) is 1.56. The molecular weight excluding hydrogens is 200 g/mol. The molecule has 1 aliphatic carbocycles. The number of esters is 1. The lowest BCUT2D eigenvalue weighted by atomic mass is 10.1. The van der Waals surface area contributed by atoms with Gasteiger partial charge in [-0.3, -0.25) is 0 Å². The molecule has 1 N–H and O–H groups in total. The SMILES string of the molecule is COC(=O)c1ccc(C2(CO)CC2)s1. The van der Waals surface area contributed by atoms with E-state index in [0.717, 1.165) is 17.7 Å². The summed E-state index contributed by atoms with van der Waals surface area (Å²) in [5, 5.41) is 9.21. The van der Waals surface area contributed by atoms with Gasteiger partial charge in [0.1, 0.15) is 4.88 Å². The van der Waals surface area contributed by atoms with Crippen molar-refractivity contribution < 1.29 is 14.6 Å². The van der Waals surface area contributed by atoms with Crippen molar-refractivity contribution in [2.75, 3.05) is 13.7 Å².